The summed E-state index contributed by atoms with van der Waals surface area (Å²) in [6, 6.07) is 4.00. The molecule has 6 aliphatic carbocycles. The van der Waals surface area contributed by atoms with E-state index in [9.17, 15) is 16.8 Å². The fourth-order valence-corrected chi connectivity index (χ4v) is 14.8. The number of rotatable bonds is 8. The van der Waals surface area contributed by atoms with Crippen molar-refractivity contribution < 1.29 is 16.8 Å². The number of nitrogens with zero attached hydrogens (tertiary/aromatic N) is 8. The number of H-pyrrole nitrogens is 2. The standard InChI is InChI=1S/2C18H21N5O2S/c2*1-18-7-13(18)10(9-26(24,25)11-2-3-11)6-12(18)17-22-21-15-8-20-16-14(23(15)17)4-5-19-16/h2*4-5,8,10-13,19H,2-3,6-7,9H2,1H3/t2*10-,12+,13+,18-/m10/s1. The fraction of sp³-hybridized carbons (Fsp3) is 0.611. The van der Waals surface area contributed by atoms with Crippen LogP contribution in [0.4, 0.5) is 0 Å². The van der Waals surface area contributed by atoms with Gasteiger partial charge in [0, 0.05) is 24.2 Å². The molecule has 6 heterocycles. The smallest absolute Gasteiger partial charge is 0.179 e. The van der Waals surface area contributed by atoms with E-state index in [4.69, 9.17) is 0 Å². The third-order valence-electron chi connectivity index (χ3n) is 14.0. The zero-order chi connectivity index (χ0) is 35.4. The first-order valence-electron chi connectivity index (χ1n) is 18.7. The van der Waals surface area contributed by atoms with Gasteiger partial charge in [0.05, 0.1) is 45.4 Å². The van der Waals surface area contributed by atoms with Crippen molar-refractivity contribution in [2.24, 2.45) is 34.5 Å². The molecule has 0 aliphatic heterocycles. The quantitative estimate of drug-likeness (QED) is 0.223. The number of hydrogen-bond acceptors (Lipinski definition) is 10. The monoisotopic (exact) mass is 742 g/mol. The molecule has 0 saturated heterocycles. The minimum atomic E-state index is -2.92. The van der Waals surface area contributed by atoms with Gasteiger partial charge in [0.2, 0.25) is 0 Å². The van der Waals surface area contributed by atoms with Crippen molar-refractivity contribution in [1.29, 1.82) is 0 Å². The van der Waals surface area contributed by atoms with Crippen LogP contribution in [0.5, 0.6) is 0 Å². The van der Waals surface area contributed by atoms with Gasteiger partial charge < -0.3 is 9.97 Å². The van der Waals surface area contributed by atoms with E-state index in [1.54, 1.807) is 12.4 Å². The third kappa shape index (κ3) is 4.64. The summed E-state index contributed by atoms with van der Waals surface area (Å²) in [6.07, 6.45) is 14.6. The Morgan fingerprint density at radius 1 is 0.673 bits per heavy atom. The fourth-order valence-electron chi connectivity index (χ4n) is 10.7. The van der Waals surface area contributed by atoms with E-state index >= 15 is 0 Å². The van der Waals surface area contributed by atoms with Crippen molar-refractivity contribution in [3.63, 3.8) is 0 Å². The van der Waals surface area contributed by atoms with Gasteiger partial charge in [-0.15, -0.1) is 20.4 Å². The molecule has 6 aromatic heterocycles. The number of aromatic amines is 2. The second kappa shape index (κ2) is 10.4. The van der Waals surface area contributed by atoms with Crippen LogP contribution in [0.1, 0.15) is 88.7 Å². The normalized spacial score (nSPS) is 33.8. The molecular weight excluding hydrogens is 701 g/mol. The molecule has 272 valence electrons. The van der Waals surface area contributed by atoms with E-state index in [0.29, 0.717) is 23.3 Å². The Balaban J connectivity index is 0.000000123. The van der Waals surface area contributed by atoms with E-state index in [2.05, 4.69) is 63.0 Å². The van der Waals surface area contributed by atoms with Gasteiger partial charge in [0.15, 0.2) is 42.3 Å². The van der Waals surface area contributed by atoms with Gasteiger partial charge in [0.1, 0.15) is 11.6 Å². The molecule has 0 radical (unpaired) electrons. The number of aromatic nitrogens is 10. The molecule has 6 aromatic rings. The van der Waals surface area contributed by atoms with Gasteiger partial charge in [-0.2, -0.15) is 0 Å². The van der Waals surface area contributed by atoms with Crippen LogP contribution in [0.3, 0.4) is 0 Å². The molecule has 6 saturated carbocycles. The molecule has 0 spiro atoms. The summed E-state index contributed by atoms with van der Waals surface area (Å²) >= 11 is 0. The Bertz CT molecular complexity index is 2470. The second-order valence-electron chi connectivity index (χ2n) is 17.2. The lowest BCUT2D eigenvalue weighted by Gasteiger charge is -2.19. The van der Waals surface area contributed by atoms with Gasteiger partial charge in [-0.05, 0) is 98.0 Å². The molecule has 2 N–H and O–H groups in total. The number of nitrogens with one attached hydrogen (secondary N) is 2. The van der Waals surface area contributed by atoms with E-state index < -0.39 is 19.7 Å². The third-order valence-corrected chi connectivity index (χ3v) is 18.8. The van der Waals surface area contributed by atoms with Crippen molar-refractivity contribution in [3.8, 4) is 0 Å². The van der Waals surface area contributed by atoms with Gasteiger partial charge >= 0.3 is 0 Å². The van der Waals surface area contributed by atoms with Crippen molar-refractivity contribution in [3.05, 3.63) is 48.6 Å². The highest BCUT2D eigenvalue weighted by Crippen LogP contribution is 2.72. The van der Waals surface area contributed by atoms with Crippen LogP contribution in [0.25, 0.3) is 33.6 Å². The van der Waals surface area contributed by atoms with Crippen LogP contribution < -0.4 is 0 Å². The maximum absolute atomic E-state index is 12.5. The van der Waals surface area contributed by atoms with Gasteiger partial charge in [0.25, 0.3) is 0 Å². The topological polar surface area (TPSA) is 186 Å². The summed E-state index contributed by atoms with van der Waals surface area (Å²) in [5.41, 5.74) is 5.42. The lowest BCUT2D eigenvalue weighted by molar-refractivity contribution is 0.435. The van der Waals surface area contributed by atoms with E-state index in [-0.39, 0.29) is 45.0 Å². The molecule has 0 aromatic carbocycles. The maximum atomic E-state index is 12.5. The summed E-state index contributed by atoms with van der Waals surface area (Å²) in [6.45, 7) is 4.59. The summed E-state index contributed by atoms with van der Waals surface area (Å²) in [5, 5.41) is 17.6. The molecular formula is C36H42N10O4S2. The van der Waals surface area contributed by atoms with Crippen LogP contribution in [0.15, 0.2) is 36.9 Å². The van der Waals surface area contributed by atoms with Crippen molar-refractivity contribution in [2.75, 3.05) is 11.5 Å². The number of hydrogen-bond donors (Lipinski definition) is 2. The molecule has 6 aliphatic rings. The first-order chi connectivity index (χ1) is 24.9. The maximum Gasteiger partial charge on any atom is 0.179 e. The lowest BCUT2D eigenvalue weighted by atomic mass is 9.90. The second-order valence-corrected chi connectivity index (χ2v) is 21.9. The average Bonchev–Trinajstić information content (AvgIpc) is 4.08. The Morgan fingerprint density at radius 2 is 1.10 bits per heavy atom. The van der Waals surface area contributed by atoms with Crippen molar-refractivity contribution >= 4 is 53.3 Å². The zero-order valence-electron chi connectivity index (χ0n) is 29.2. The van der Waals surface area contributed by atoms with Gasteiger partial charge in [-0.3, -0.25) is 8.80 Å². The number of fused-ring (bicyclic) bond motifs is 8. The molecule has 0 bridgehead atoms. The van der Waals surface area contributed by atoms with Crippen molar-refractivity contribution in [1.82, 2.24) is 49.1 Å². The first-order valence-corrected chi connectivity index (χ1v) is 22.1. The SMILES string of the molecule is C[C@@]12C[C@@H]1[C@H](CS(=O)(=O)C1CC1)C[C@@H]2c1nnc2cnc3[nH]ccc3n12.C[C@]12C[C@H]1[C@@H](CS(=O)(=O)C1CC1)C[C@H]2c1nnc2cnc3[nH]ccc3n12. The Labute approximate surface area is 300 Å². The Hall–Kier alpha value is -3.92. The predicted octanol–water partition coefficient (Wildman–Crippen LogP) is 4.63. The van der Waals surface area contributed by atoms with Crippen LogP contribution >= 0.6 is 0 Å². The molecule has 6 fully saturated rings. The highest BCUT2D eigenvalue weighted by molar-refractivity contribution is 7.92. The Kier molecular flexibility index (Phi) is 6.31. The largest absolute Gasteiger partial charge is 0.345 e. The predicted molar refractivity (Wildman–Crippen MR) is 193 cm³/mol. The summed E-state index contributed by atoms with van der Waals surface area (Å²) in [4.78, 5) is 15.1. The minimum Gasteiger partial charge on any atom is -0.345 e. The Morgan fingerprint density at radius 3 is 1.50 bits per heavy atom. The van der Waals surface area contributed by atoms with Crippen LogP contribution in [0.2, 0.25) is 0 Å². The van der Waals surface area contributed by atoms with Gasteiger partial charge in [-0.25, -0.2) is 26.8 Å². The van der Waals surface area contributed by atoms with Crippen molar-refractivity contribution in [2.45, 2.75) is 87.5 Å². The number of sulfone groups is 2. The van der Waals surface area contributed by atoms with E-state index in [1.807, 2.05) is 24.5 Å². The summed E-state index contributed by atoms with van der Waals surface area (Å²) in [7, 11) is -5.84. The minimum absolute atomic E-state index is 0.0639. The molecule has 52 heavy (non-hydrogen) atoms. The molecule has 0 unspecified atom stereocenters. The molecule has 14 nitrogen and oxygen atoms in total. The first kappa shape index (κ1) is 31.6. The molecule has 12 rings (SSSR count). The molecule has 0 amide bonds. The van der Waals surface area contributed by atoms with Crippen LogP contribution in [0, 0.1) is 34.5 Å². The molecule has 16 heteroatoms. The summed E-state index contributed by atoms with van der Waals surface area (Å²) < 4.78 is 54.3. The lowest BCUT2D eigenvalue weighted by Crippen LogP contribution is -2.20. The van der Waals surface area contributed by atoms with Crippen LogP contribution in [-0.2, 0) is 19.7 Å². The summed E-state index contributed by atoms with van der Waals surface area (Å²) in [5.74, 6) is 4.64. The highest BCUT2D eigenvalue weighted by atomic mass is 32.2. The highest BCUT2D eigenvalue weighted by Gasteiger charge is 2.67. The van der Waals surface area contributed by atoms with E-state index in [1.165, 1.54) is 0 Å². The zero-order valence-corrected chi connectivity index (χ0v) is 30.8. The average molecular weight is 743 g/mol. The van der Waals surface area contributed by atoms with Crippen LogP contribution in [-0.4, -0.2) is 88.0 Å². The van der Waals surface area contributed by atoms with Gasteiger partial charge in [-0.1, -0.05) is 13.8 Å². The molecule has 8 atom stereocenters. The van der Waals surface area contributed by atoms with E-state index in [0.717, 1.165) is 96.6 Å².